The highest BCUT2D eigenvalue weighted by molar-refractivity contribution is 5.95. The number of fused-ring (bicyclic) bond motifs is 1. The smallest absolute Gasteiger partial charge is 0.254 e. The van der Waals surface area contributed by atoms with E-state index in [1.165, 1.54) is 0 Å². The second kappa shape index (κ2) is 8.97. The monoisotopic (exact) mass is 446 g/mol. The molecule has 0 spiro atoms. The predicted molar refractivity (Wildman–Crippen MR) is 123 cm³/mol. The first-order valence-electron chi connectivity index (χ1n) is 11.0. The van der Waals surface area contributed by atoms with Gasteiger partial charge in [-0.1, -0.05) is 12.1 Å². The number of anilines is 1. The van der Waals surface area contributed by atoms with Gasteiger partial charge in [-0.25, -0.2) is 9.97 Å². The van der Waals surface area contributed by atoms with Crippen molar-refractivity contribution in [2.75, 3.05) is 32.7 Å². The van der Waals surface area contributed by atoms with Crippen LogP contribution in [-0.4, -0.2) is 47.8 Å². The molecule has 3 aromatic rings. The number of carbonyl (C=O) groups is 1. The van der Waals surface area contributed by atoms with Crippen LogP contribution in [0.1, 0.15) is 46.1 Å². The molecule has 3 heterocycles. The minimum Gasteiger partial charge on any atom is -0.497 e. The molecule has 2 N–H and O–H groups in total. The molecule has 1 aromatic heterocycles. The largest absolute Gasteiger partial charge is 0.497 e. The van der Waals surface area contributed by atoms with E-state index in [0.29, 0.717) is 36.6 Å². The highest BCUT2D eigenvalue weighted by Crippen LogP contribution is 2.34. The Morgan fingerprint density at radius 3 is 2.76 bits per heavy atom. The Morgan fingerprint density at radius 1 is 1.12 bits per heavy atom. The number of ether oxygens (including phenoxy) is 3. The van der Waals surface area contributed by atoms with Crippen LogP contribution in [0.4, 0.5) is 5.95 Å². The Hall–Kier alpha value is -3.81. The highest BCUT2D eigenvalue weighted by atomic mass is 16.7. The molecule has 2 aliphatic rings. The van der Waals surface area contributed by atoms with Crippen LogP contribution in [-0.2, 0) is 6.42 Å². The second-order valence-electron chi connectivity index (χ2n) is 8.33. The standard InChI is InChI=1S/C25H26N4O4/c1-31-20-7-4-16(5-8-20)11-19-13-21(28-25(26)27-19)18-3-2-10-29(14-18)24(30)17-6-9-22-23(12-17)33-15-32-22/h4-9,12-13,18H,2-3,10-11,14-15H2,1H3,(H2,26,27,28). The summed E-state index contributed by atoms with van der Waals surface area (Å²) in [6.07, 6.45) is 2.50. The Bertz CT molecular complexity index is 1170. The first kappa shape index (κ1) is 21.1. The number of carbonyl (C=O) groups excluding carboxylic acids is 1. The van der Waals surface area contributed by atoms with Crippen LogP contribution in [0, 0.1) is 0 Å². The van der Waals surface area contributed by atoms with Gasteiger partial charge in [0, 0.05) is 31.0 Å². The van der Waals surface area contributed by atoms with Crippen molar-refractivity contribution in [3.8, 4) is 17.2 Å². The van der Waals surface area contributed by atoms with Gasteiger partial charge in [0.05, 0.1) is 18.5 Å². The van der Waals surface area contributed by atoms with Gasteiger partial charge >= 0.3 is 0 Å². The number of likely N-dealkylation sites (tertiary alicyclic amines) is 1. The number of nitrogens with two attached hydrogens (primary N) is 1. The van der Waals surface area contributed by atoms with Crippen molar-refractivity contribution in [2.45, 2.75) is 25.2 Å². The highest BCUT2D eigenvalue weighted by Gasteiger charge is 2.28. The Morgan fingerprint density at radius 2 is 1.94 bits per heavy atom. The van der Waals surface area contributed by atoms with E-state index in [1.54, 1.807) is 25.3 Å². The molecule has 8 heteroatoms. The molecule has 1 saturated heterocycles. The van der Waals surface area contributed by atoms with Crippen LogP contribution < -0.4 is 19.9 Å². The van der Waals surface area contributed by atoms with Crippen LogP contribution in [0.3, 0.4) is 0 Å². The summed E-state index contributed by atoms with van der Waals surface area (Å²) in [5, 5.41) is 0. The van der Waals surface area contributed by atoms with Gasteiger partial charge in [0.2, 0.25) is 12.7 Å². The number of rotatable bonds is 5. The lowest BCUT2D eigenvalue weighted by molar-refractivity contribution is 0.0705. The fourth-order valence-electron chi connectivity index (χ4n) is 4.41. The van der Waals surface area contributed by atoms with Gasteiger partial charge in [0.1, 0.15) is 5.75 Å². The van der Waals surface area contributed by atoms with Crippen LogP contribution in [0.2, 0.25) is 0 Å². The van der Waals surface area contributed by atoms with Crippen LogP contribution in [0.25, 0.3) is 0 Å². The van der Waals surface area contributed by atoms with Crippen molar-refractivity contribution < 1.29 is 19.0 Å². The molecule has 1 unspecified atom stereocenters. The zero-order chi connectivity index (χ0) is 22.8. The lowest BCUT2D eigenvalue weighted by Crippen LogP contribution is -2.39. The molecule has 2 aliphatic heterocycles. The molecule has 0 bridgehead atoms. The molecular weight excluding hydrogens is 420 g/mol. The van der Waals surface area contributed by atoms with Crippen LogP contribution >= 0.6 is 0 Å². The summed E-state index contributed by atoms with van der Waals surface area (Å²) >= 11 is 0. The van der Waals surface area contributed by atoms with Gasteiger partial charge in [0.15, 0.2) is 11.5 Å². The Balaban J connectivity index is 1.32. The number of hydrogen-bond acceptors (Lipinski definition) is 7. The number of nitrogen functional groups attached to an aromatic ring is 1. The zero-order valence-electron chi connectivity index (χ0n) is 18.5. The molecule has 1 amide bonds. The normalized spacial score (nSPS) is 17.1. The van der Waals surface area contributed by atoms with Gasteiger partial charge in [-0.05, 0) is 54.8 Å². The molecule has 1 atom stereocenters. The SMILES string of the molecule is COc1ccc(Cc2cc(C3CCCN(C(=O)c4ccc5c(c4)OCO5)C3)nc(N)n2)cc1. The molecule has 33 heavy (non-hydrogen) atoms. The number of amides is 1. The van der Waals surface area contributed by atoms with E-state index >= 15 is 0 Å². The number of hydrogen-bond donors (Lipinski definition) is 1. The van der Waals surface area contributed by atoms with Crippen LogP contribution in [0.15, 0.2) is 48.5 Å². The maximum Gasteiger partial charge on any atom is 0.254 e. The average molecular weight is 447 g/mol. The van der Waals surface area contributed by atoms with Gasteiger partial charge in [-0.15, -0.1) is 0 Å². The van der Waals surface area contributed by atoms with Gasteiger partial charge in [0.25, 0.3) is 5.91 Å². The lowest BCUT2D eigenvalue weighted by atomic mass is 9.93. The first-order chi connectivity index (χ1) is 16.1. The zero-order valence-corrected chi connectivity index (χ0v) is 18.5. The van der Waals surface area contributed by atoms with E-state index in [0.717, 1.165) is 35.5 Å². The molecule has 5 rings (SSSR count). The summed E-state index contributed by atoms with van der Waals surface area (Å²) in [6.45, 7) is 1.49. The maximum atomic E-state index is 13.2. The van der Waals surface area contributed by atoms with Crippen molar-refractivity contribution >= 4 is 11.9 Å². The minimum atomic E-state index is -0.0153. The molecule has 0 radical (unpaired) electrons. The molecule has 170 valence electrons. The Kier molecular flexibility index (Phi) is 5.73. The summed E-state index contributed by atoms with van der Waals surface area (Å²) in [4.78, 5) is 24.0. The molecular formula is C25H26N4O4. The van der Waals surface area contributed by atoms with E-state index in [9.17, 15) is 4.79 Å². The van der Waals surface area contributed by atoms with Gasteiger partial charge in [-0.3, -0.25) is 4.79 Å². The average Bonchev–Trinajstić information content (AvgIpc) is 3.32. The van der Waals surface area contributed by atoms with Gasteiger partial charge < -0.3 is 24.8 Å². The van der Waals surface area contributed by atoms with E-state index in [4.69, 9.17) is 19.9 Å². The molecule has 0 saturated carbocycles. The third kappa shape index (κ3) is 4.55. The number of aromatic nitrogens is 2. The molecule has 0 aliphatic carbocycles. The third-order valence-corrected chi connectivity index (χ3v) is 6.11. The van der Waals surface area contributed by atoms with Crippen LogP contribution in [0.5, 0.6) is 17.2 Å². The Labute approximate surface area is 192 Å². The number of benzene rings is 2. The molecule has 2 aromatic carbocycles. The second-order valence-corrected chi connectivity index (χ2v) is 8.33. The summed E-state index contributed by atoms with van der Waals surface area (Å²) in [5.41, 5.74) is 9.51. The van der Waals surface area contributed by atoms with E-state index in [2.05, 4.69) is 9.97 Å². The van der Waals surface area contributed by atoms with Crippen molar-refractivity contribution in [3.05, 3.63) is 71.0 Å². The summed E-state index contributed by atoms with van der Waals surface area (Å²) in [5.74, 6) is 2.45. The van der Waals surface area contributed by atoms with Crippen molar-refractivity contribution in [1.82, 2.24) is 14.9 Å². The quantitative estimate of drug-likeness (QED) is 0.641. The van der Waals surface area contributed by atoms with E-state index in [1.807, 2.05) is 35.2 Å². The van der Waals surface area contributed by atoms with Crippen molar-refractivity contribution in [1.29, 1.82) is 0 Å². The summed E-state index contributed by atoms with van der Waals surface area (Å²) in [6, 6.07) is 15.2. The van der Waals surface area contributed by atoms with Gasteiger partial charge in [-0.2, -0.15) is 0 Å². The predicted octanol–water partition coefficient (Wildman–Crippen LogP) is 3.41. The number of methoxy groups -OCH3 is 1. The number of piperidine rings is 1. The van der Waals surface area contributed by atoms with E-state index in [-0.39, 0.29) is 24.6 Å². The van der Waals surface area contributed by atoms with Crippen molar-refractivity contribution in [3.63, 3.8) is 0 Å². The maximum absolute atomic E-state index is 13.2. The first-order valence-corrected chi connectivity index (χ1v) is 11.0. The van der Waals surface area contributed by atoms with Crippen molar-refractivity contribution in [2.24, 2.45) is 0 Å². The topological polar surface area (TPSA) is 99.8 Å². The summed E-state index contributed by atoms with van der Waals surface area (Å²) in [7, 11) is 1.65. The lowest BCUT2D eigenvalue weighted by Gasteiger charge is -2.32. The fourth-order valence-corrected chi connectivity index (χ4v) is 4.41. The summed E-state index contributed by atoms with van der Waals surface area (Å²) < 4.78 is 16.0. The fraction of sp³-hybridized carbons (Fsp3) is 0.320. The minimum absolute atomic E-state index is 0.0153. The number of nitrogens with zero attached hydrogens (tertiary/aromatic N) is 3. The van der Waals surface area contributed by atoms with E-state index < -0.39 is 0 Å². The third-order valence-electron chi connectivity index (χ3n) is 6.11. The molecule has 1 fully saturated rings. The molecule has 8 nitrogen and oxygen atoms in total.